The largest absolute Gasteiger partial charge is 0.480 e. The van der Waals surface area contributed by atoms with Gasteiger partial charge in [0, 0.05) is 12.0 Å². The molecule has 0 aromatic carbocycles. The average Bonchev–Trinajstić information content (AvgIpc) is 2.67. The molecule has 1 aliphatic carbocycles. The van der Waals surface area contributed by atoms with Gasteiger partial charge < -0.3 is 10.0 Å². The Kier molecular flexibility index (Phi) is 7.87. The molecule has 0 bridgehead atoms. The first-order valence-corrected chi connectivity index (χ1v) is 10.9. The van der Waals surface area contributed by atoms with Crippen molar-refractivity contribution in [2.24, 2.45) is 17.3 Å². The van der Waals surface area contributed by atoms with Crippen molar-refractivity contribution in [3.63, 3.8) is 0 Å². The molecule has 2 rings (SSSR count). The Morgan fingerprint density at radius 3 is 2.26 bits per heavy atom. The number of carbonyl (C=O) groups is 3. The van der Waals surface area contributed by atoms with E-state index < -0.39 is 29.1 Å². The molecular formula is C22H37NO4. The van der Waals surface area contributed by atoms with Gasteiger partial charge in [0.25, 0.3) is 5.91 Å². The summed E-state index contributed by atoms with van der Waals surface area (Å²) in [5, 5.41) is 9.81. The van der Waals surface area contributed by atoms with Crippen LogP contribution in [0.4, 0.5) is 0 Å². The number of amides is 1. The number of rotatable bonds is 8. The van der Waals surface area contributed by atoms with Gasteiger partial charge in [-0.25, -0.2) is 4.79 Å². The number of hydrogen-bond donors (Lipinski definition) is 1. The molecule has 27 heavy (non-hydrogen) atoms. The van der Waals surface area contributed by atoms with Gasteiger partial charge in [-0.1, -0.05) is 65.7 Å². The van der Waals surface area contributed by atoms with Gasteiger partial charge in [-0.2, -0.15) is 0 Å². The summed E-state index contributed by atoms with van der Waals surface area (Å²) in [6.07, 6.45) is 11.8. The molecule has 1 aliphatic heterocycles. The zero-order valence-electron chi connectivity index (χ0n) is 17.3. The standard InChI is InChI=1S/C22H37NO4/c1-4-22(2,3)19(24)20(25)23-15-9-14-17(18(23)21(26)27)13-8-12-16-10-6-5-7-11-16/h16-18H,4-15H2,1-3H3,(H,26,27)/t17?,18-/m0/s1. The first-order chi connectivity index (χ1) is 12.8. The quantitative estimate of drug-likeness (QED) is 0.633. The Morgan fingerprint density at radius 1 is 1.00 bits per heavy atom. The van der Waals surface area contributed by atoms with Crippen molar-refractivity contribution >= 4 is 17.7 Å². The van der Waals surface area contributed by atoms with Crippen LogP contribution in [0.2, 0.25) is 0 Å². The number of carbonyl (C=O) groups excluding carboxylic acids is 2. The molecule has 0 aromatic rings. The van der Waals surface area contributed by atoms with Gasteiger partial charge in [0.15, 0.2) is 0 Å². The number of Topliss-reactive ketones (excluding diaryl/α,β-unsaturated/α-hetero) is 1. The molecule has 1 N–H and O–H groups in total. The Bertz CT molecular complexity index is 536. The molecule has 5 heteroatoms. The first kappa shape index (κ1) is 21.9. The highest BCUT2D eigenvalue weighted by atomic mass is 16.4. The van der Waals surface area contributed by atoms with E-state index in [1.807, 2.05) is 6.92 Å². The van der Waals surface area contributed by atoms with Crippen LogP contribution < -0.4 is 0 Å². The Labute approximate surface area is 163 Å². The summed E-state index contributed by atoms with van der Waals surface area (Å²) in [5.74, 6) is -1.28. The van der Waals surface area contributed by atoms with E-state index in [0.29, 0.717) is 13.0 Å². The fourth-order valence-corrected chi connectivity index (χ4v) is 4.67. The summed E-state index contributed by atoms with van der Waals surface area (Å²) in [7, 11) is 0. The predicted molar refractivity (Wildman–Crippen MR) is 105 cm³/mol. The Morgan fingerprint density at radius 2 is 1.67 bits per heavy atom. The maximum Gasteiger partial charge on any atom is 0.326 e. The summed E-state index contributed by atoms with van der Waals surface area (Å²) in [5.41, 5.74) is -0.742. The molecule has 0 aromatic heterocycles. The maximum absolute atomic E-state index is 12.8. The van der Waals surface area contributed by atoms with E-state index >= 15 is 0 Å². The van der Waals surface area contributed by atoms with Crippen molar-refractivity contribution in [1.29, 1.82) is 0 Å². The van der Waals surface area contributed by atoms with Crippen LogP contribution in [-0.2, 0) is 14.4 Å². The van der Waals surface area contributed by atoms with Crippen molar-refractivity contribution in [3.8, 4) is 0 Å². The van der Waals surface area contributed by atoms with Crippen molar-refractivity contribution in [3.05, 3.63) is 0 Å². The third-order valence-electron chi connectivity index (χ3n) is 6.87. The monoisotopic (exact) mass is 379 g/mol. The van der Waals surface area contributed by atoms with Gasteiger partial charge in [0.2, 0.25) is 5.78 Å². The van der Waals surface area contributed by atoms with Gasteiger partial charge in [-0.3, -0.25) is 9.59 Å². The van der Waals surface area contributed by atoms with Gasteiger partial charge in [0.05, 0.1) is 0 Å². The van der Waals surface area contributed by atoms with Crippen molar-refractivity contribution in [2.45, 2.75) is 97.4 Å². The molecule has 2 atom stereocenters. The van der Waals surface area contributed by atoms with Gasteiger partial charge in [-0.05, 0) is 37.5 Å². The van der Waals surface area contributed by atoms with Crippen LogP contribution in [0.5, 0.6) is 0 Å². The topological polar surface area (TPSA) is 74.7 Å². The minimum atomic E-state index is -0.965. The molecule has 1 saturated carbocycles. The predicted octanol–water partition coefficient (Wildman–Crippen LogP) is 4.43. The van der Waals surface area contributed by atoms with E-state index in [2.05, 4.69) is 0 Å². The first-order valence-electron chi connectivity index (χ1n) is 10.9. The lowest BCUT2D eigenvalue weighted by atomic mass is 9.80. The third kappa shape index (κ3) is 5.55. The molecule has 154 valence electrons. The minimum absolute atomic E-state index is 0.0404. The van der Waals surface area contributed by atoms with Crippen molar-refractivity contribution < 1.29 is 19.5 Å². The van der Waals surface area contributed by atoms with Crippen LogP contribution in [0.1, 0.15) is 91.4 Å². The lowest BCUT2D eigenvalue weighted by Gasteiger charge is -2.39. The second-order valence-corrected chi connectivity index (χ2v) is 9.19. The maximum atomic E-state index is 12.8. The lowest BCUT2D eigenvalue weighted by Crippen LogP contribution is -2.56. The number of piperidine rings is 1. The highest BCUT2D eigenvalue weighted by molar-refractivity contribution is 6.38. The normalized spacial score (nSPS) is 24.6. The van der Waals surface area contributed by atoms with E-state index in [4.69, 9.17) is 0 Å². The van der Waals surface area contributed by atoms with E-state index in [1.54, 1.807) is 13.8 Å². The zero-order chi connectivity index (χ0) is 20.0. The zero-order valence-corrected chi connectivity index (χ0v) is 17.3. The smallest absolute Gasteiger partial charge is 0.326 e. The van der Waals surface area contributed by atoms with Crippen LogP contribution in [0.15, 0.2) is 0 Å². The average molecular weight is 380 g/mol. The number of carboxylic acids is 1. The molecule has 0 radical (unpaired) electrons. The molecule has 1 unspecified atom stereocenters. The van der Waals surface area contributed by atoms with E-state index in [1.165, 1.54) is 43.4 Å². The highest BCUT2D eigenvalue weighted by Gasteiger charge is 2.43. The summed E-state index contributed by atoms with van der Waals surface area (Å²) in [6, 6.07) is -0.853. The number of aliphatic carboxylic acids is 1. The molecule has 5 nitrogen and oxygen atoms in total. The molecule has 1 amide bonds. The van der Waals surface area contributed by atoms with Crippen LogP contribution in [0, 0.1) is 17.3 Å². The van der Waals surface area contributed by atoms with E-state index in [0.717, 1.165) is 31.6 Å². The van der Waals surface area contributed by atoms with Crippen molar-refractivity contribution in [1.82, 2.24) is 4.90 Å². The number of hydrogen-bond acceptors (Lipinski definition) is 3. The molecule has 1 heterocycles. The summed E-state index contributed by atoms with van der Waals surface area (Å²) >= 11 is 0. The molecular weight excluding hydrogens is 342 g/mol. The molecule has 0 spiro atoms. The number of carboxylic acid groups (broad SMARTS) is 1. The fraction of sp³-hybridized carbons (Fsp3) is 0.864. The summed E-state index contributed by atoms with van der Waals surface area (Å²) in [6.45, 7) is 5.77. The van der Waals surface area contributed by atoms with E-state index in [9.17, 15) is 19.5 Å². The van der Waals surface area contributed by atoms with Crippen LogP contribution >= 0.6 is 0 Å². The van der Waals surface area contributed by atoms with E-state index in [-0.39, 0.29) is 5.92 Å². The molecule has 2 aliphatic rings. The molecule has 2 fully saturated rings. The van der Waals surface area contributed by atoms with Gasteiger partial charge in [0.1, 0.15) is 6.04 Å². The summed E-state index contributed by atoms with van der Waals surface area (Å²) in [4.78, 5) is 38.7. The highest BCUT2D eigenvalue weighted by Crippen LogP contribution is 2.33. The number of ketones is 1. The van der Waals surface area contributed by atoms with Crippen LogP contribution in [0.25, 0.3) is 0 Å². The van der Waals surface area contributed by atoms with Gasteiger partial charge >= 0.3 is 5.97 Å². The number of likely N-dealkylation sites (tertiary alicyclic amines) is 1. The SMILES string of the molecule is CCC(C)(C)C(=O)C(=O)N1CCCC(CCCC2CCCCC2)[C@H]1C(=O)O. The van der Waals surface area contributed by atoms with Gasteiger partial charge in [-0.15, -0.1) is 0 Å². The Hall–Kier alpha value is -1.39. The second-order valence-electron chi connectivity index (χ2n) is 9.19. The van der Waals surface area contributed by atoms with Crippen LogP contribution in [0.3, 0.4) is 0 Å². The lowest BCUT2D eigenvalue weighted by molar-refractivity contribution is -0.160. The van der Waals surface area contributed by atoms with Crippen LogP contribution in [-0.4, -0.2) is 40.3 Å². The minimum Gasteiger partial charge on any atom is -0.480 e. The fourth-order valence-electron chi connectivity index (χ4n) is 4.67. The van der Waals surface area contributed by atoms with Crippen molar-refractivity contribution in [2.75, 3.05) is 6.54 Å². The molecule has 1 saturated heterocycles. The number of nitrogens with zero attached hydrogens (tertiary/aromatic N) is 1. The second kappa shape index (κ2) is 9.70. The summed E-state index contributed by atoms with van der Waals surface area (Å²) < 4.78 is 0. The third-order valence-corrected chi connectivity index (χ3v) is 6.87. The Balaban J connectivity index is 2.00.